The Hall–Kier alpha value is -2.20. The third-order valence-electron chi connectivity index (χ3n) is 2.80. The van der Waals surface area contributed by atoms with Crippen LogP contribution >= 0.6 is 15.9 Å². The van der Waals surface area contributed by atoms with E-state index in [4.69, 9.17) is 14.3 Å². The Morgan fingerprint density at radius 2 is 1.61 bits per heavy atom. The second kappa shape index (κ2) is 9.33. The molecule has 0 saturated carbocycles. The summed E-state index contributed by atoms with van der Waals surface area (Å²) in [4.78, 5) is 40.2. The molecule has 1 aromatic rings. The van der Waals surface area contributed by atoms with E-state index in [-0.39, 0.29) is 17.3 Å². The van der Waals surface area contributed by atoms with Gasteiger partial charge in [-0.1, -0.05) is 0 Å². The van der Waals surface area contributed by atoms with E-state index in [9.17, 15) is 9.59 Å². The fourth-order valence-electron chi connectivity index (χ4n) is 1.91. The second-order valence-electron chi connectivity index (χ2n) is 7.62. The standard InChI is InChI=1S/C18H27BrN4O5/c1-9-11(28-20-8)13-14(21-10-12(19)22-13)23(15(24)26-17(2,3)4)16(25)27-18(5,6)7/h9-10,20H,1-8H3/b11-9-. The van der Waals surface area contributed by atoms with Gasteiger partial charge in [0, 0.05) is 7.05 Å². The van der Waals surface area contributed by atoms with Crippen LogP contribution in [0.1, 0.15) is 54.2 Å². The molecule has 0 aliphatic heterocycles. The van der Waals surface area contributed by atoms with Gasteiger partial charge in [0.05, 0.1) is 6.20 Å². The van der Waals surface area contributed by atoms with Gasteiger partial charge in [-0.25, -0.2) is 19.6 Å². The molecule has 28 heavy (non-hydrogen) atoms. The average molecular weight is 459 g/mol. The summed E-state index contributed by atoms with van der Waals surface area (Å²) in [5.74, 6) is 0.165. The number of hydrogen-bond donors (Lipinski definition) is 1. The van der Waals surface area contributed by atoms with Gasteiger partial charge in [0.25, 0.3) is 0 Å². The maximum absolute atomic E-state index is 12.8. The average Bonchev–Trinajstić information content (AvgIpc) is 2.50. The fourth-order valence-corrected chi connectivity index (χ4v) is 2.19. The number of anilines is 1. The quantitative estimate of drug-likeness (QED) is 0.521. The highest BCUT2D eigenvalue weighted by molar-refractivity contribution is 9.10. The van der Waals surface area contributed by atoms with Gasteiger partial charge in [-0.05, 0) is 70.5 Å². The summed E-state index contributed by atoms with van der Waals surface area (Å²) in [7, 11) is 1.56. The highest BCUT2D eigenvalue weighted by atomic mass is 79.9. The number of allylic oxidation sites excluding steroid dienone is 1. The van der Waals surface area contributed by atoms with Crippen molar-refractivity contribution in [2.45, 2.75) is 59.7 Å². The fraction of sp³-hybridized carbons (Fsp3) is 0.556. The molecule has 9 nitrogen and oxygen atoms in total. The molecule has 1 rings (SSSR count). The van der Waals surface area contributed by atoms with Gasteiger partial charge in [0.15, 0.2) is 17.3 Å². The first-order valence-electron chi connectivity index (χ1n) is 8.58. The van der Waals surface area contributed by atoms with Gasteiger partial charge in [-0.3, -0.25) is 0 Å². The van der Waals surface area contributed by atoms with E-state index < -0.39 is 23.4 Å². The van der Waals surface area contributed by atoms with Crippen LogP contribution in [0, 0.1) is 0 Å². The lowest BCUT2D eigenvalue weighted by molar-refractivity contribution is 0.0428. The van der Waals surface area contributed by atoms with E-state index in [1.54, 1.807) is 61.6 Å². The number of nitrogens with one attached hydrogen (secondary N) is 1. The third-order valence-corrected chi connectivity index (χ3v) is 3.18. The summed E-state index contributed by atoms with van der Waals surface area (Å²) in [6, 6.07) is 0. The monoisotopic (exact) mass is 458 g/mol. The lowest BCUT2D eigenvalue weighted by atomic mass is 10.2. The minimum atomic E-state index is -0.945. The number of imide groups is 1. The van der Waals surface area contributed by atoms with Crippen LogP contribution in [0.2, 0.25) is 0 Å². The zero-order valence-corrected chi connectivity index (χ0v) is 19.0. The van der Waals surface area contributed by atoms with Crippen LogP contribution in [-0.4, -0.2) is 40.4 Å². The minimum absolute atomic E-state index is 0.0879. The van der Waals surface area contributed by atoms with Crippen LogP contribution in [0.5, 0.6) is 0 Å². The highest BCUT2D eigenvalue weighted by Gasteiger charge is 2.36. The van der Waals surface area contributed by atoms with Gasteiger partial charge < -0.3 is 14.3 Å². The molecule has 10 heteroatoms. The van der Waals surface area contributed by atoms with Crippen molar-refractivity contribution in [3.8, 4) is 0 Å². The Morgan fingerprint density at radius 1 is 1.11 bits per heavy atom. The number of amides is 2. The topological polar surface area (TPSA) is 103 Å². The molecule has 0 radical (unpaired) electrons. The number of hydroxylamine groups is 1. The molecule has 0 unspecified atom stereocenters. The number of carbonyl (C=O) groups is 2. The number of carbonyl (C=O) groups excluding carboxylic acids is 2. The van der Waals surface area contributed by atoms with Crippen molar-refractivity contribution < 1.29 is 23.9 Å². The van der Waals surface area contributed by atoms with E-state index in [1.807, 2.05) is 0 Å². The molecule has 1 heterocycles. The van der Waals surface area contributed by atoms with E-state index in [1.165, 1.54) is 6.20 Å². The lowest BCUT2D eigenvalue weighted by Gasteiger charge is -2.28. The molecular formula is C18H27BrN4O5. The maximum Gasteiger partial charge on any atom is 0.425 e. The molecule has 0 spiro atoms. The molecule has 0 aromatic carbocycles. The molecule has 0 aliphatic carbocycles. The van der Waals surface area contributed by atoms with Gasteiger partial charge in [-0.15, -0.1) is 0 Å². The molecule has 1 N–H and O–H groups in total. The number of ether oxygens (including phenoxy) is 2. The predicted octanol–water partition coefficient (Wildman–Crippen LogP) is 4.43. The summed E-state index contributed by atoms with van der Waals surface area (Å²) in [5.41, 5.74) is 0.993. The minimum Gasteiger partial charge on any atom is -0.443 e. The van der Waals surface area contributed by atoms with Gasteiger partial charge in [-0.2, -0.15) is 10.4 Å². The van der Waals surface area contributed by atoms with Gasteiger partial charge in [0.2, 0.25) is 0 Å². The van der Waals surface area contributed by atoms with Crippen molar-refractivity contribution in [3.63, 3.8) is 0 Å². The van der Waals surface area contributed by atoms with Gasteiger partial charge >= 0.3 is 12.2 Å². The highest BCUT2D eigenvalue weighted by Crippen LogP contribution is 2.28. The second-order valence-corrected chi connectivity index (χ2v) is 8.43. The van der Waals surface area contributed by atoms with Crippen LogP contribution in [0.25, 0.3) is 5.76 Å². The Kier molecular flexibility index (Phi) is 7.94. The van der Waals surface area contributed by atoms with Crippen LogP contribution in [0.4, 0.5) is 15.4 Å². The Bertz CT molecular complexity index is 725. The molecule has 0 fully saturated rings. The van der Waals surface area contributed by atoms with E-state index in [2.05, 4.69) is 31.4 Å². The molecule has 156 valence electrons. The zero-order chi connectivity index (χ0) is 21.7. The summed E-state index contributed by atoms with van der Waals surface area (Å²) < 4.78 is 11.1. The normalized spacial score (nSPS) is 12.4. The largest absolute Gasteiger partial charge is 0.443 e. The summed E-state index contributed by atoms with van der Waals surface area (Å²) in [6.45, 7) is 11.8. The number of halogens is 1. The van der Waals surface area contributed by atoms with Crippen molar-refractivity contribution in [1.29, 1.82) is 0 Å². The Morgan fingerprint density at radius 3 is 2.00 bits per heavy atom. The Balaban J connectivity index is 3.57. The smallest absolute Gasteiger partial charge is 0.425 e. The summed E-state index contributed by atoms with van der Waals surface area (Å²) in [5, 5.41) is 0. The van der Waals surface area contributed by atoms with E-state index >= 15 is 0 Å². The van der Waals surface area contributed by atoms with Crippen LogP contribution in [0.15, 0.2) is 16.9 Å². The molecule has 0 atom stereocenters. The molecular weight excluding hydrogens is 432 g/mol. The third kappa shape index (κ3) is 7.08. The van der Waals surface area contributed by atoms with Crippen LogP contribution in [-0.2, 0) is 14.3 Å². The van der Waals surface area contributed by atoms with Crippen LogP contribution in [0.3, 0.4) is 0 Å². The molecule has 2 amide bonds. The van der Waals surface area contributed by atoms with Crippen molar-refractivity contribution in [3.05, 3.63) is 22.6 Å². The zero-order valence-electron chi connectivity index (χ0n) is 17.4. The lowest BCUT2D eigenvalue weighted by Crippen LogP contribution is -2.44. The first-order valence-corrected chi connectivity index (χ1v) is 9.37. The Labute approximate surface area is 173 Å². The van der Waals surface area contributed by atoms with Crippen molar-refractivity contribution >= 4 is 39.7 Å². The number of hydrogen-bond acceptors (Lipinski definition) is 8. The number of nitrogens with zero attached hydrogens (tertiary/aromatic N) is 3. The molecule has 0 aliphatic rings. The first-order chi connectivity index (χ1) is 12.8. The number of aromatic nitrogens is 2. The predicted molar refractivity (Wildman–Crippen MR) is 108 cm³/mol. The van der Waals surface area contributed by atoms with E-state index in [0.29, 0.717) is 9.50 Å². The van der Waals surface area contributed by atoms with Crippen LogP contribution < -0.4 is 10.4 Å². The first kappa shape index (κ1) is 23.8. The van der Waals surface area contributed by atoms with Crippen molar-refractivity contribution in [2.75, 3.05) is 11.9 Å². The molecule has 0 bridgehead atoms. The van der Waals surface area contributed by atoms with Crippen molar-refractivity contribution in [2.24, 2.45) is 0 Å². The summed E-state index contributed by atoms with van der Waals surface area (Å²) >= 11 is 3.24. The maximum atomic E-state index is 12.8. The van der Waals surface area contributed by atoms with E-state index in [0.717, 1.165) is 0 Å². The van der Waals surface area contributed by atoms with Gasteiger partial charge in [0.1, 0.15) is 15.8 Å². The van der Waals surface area contributed by atoms with Crippen molar-refractivity contribution in [1.82, 2.24) is 15.4 Å². The molecule has 1 aromatic heterocycles. The summed E-state index contributed by atoms with van der Waals surface area (Å²) in [6.07, 6.45) is 1.07. The molecule has 0 saturated heterocycles. The SMILES string of the molecule is C/C=C(\ONC)c1nc(Br)cnc1N(C(=O)OC(C)(C)C)C(=O)OC(C)(C)C. The number of rotatable bonds is 4.